The number of nitrogens with zero attached hydrogens (tertiary/aromatic N) is 3. The predicted octanol–water partition coefficient (Wildman–Crippen LogP) is 7.61. The average molecular weight is 471 g/mol. The molecule has 4 aromatic heterocycles. The Kier molecular flexibility index (Phi) is 6.55. The fourth-order valence-electron chi connectivity index (χ4n) is 4.50. The SMILES string of the molecule is CC(C)c1ccn2c(NC(C)(C)CC(C)(C)C)c(-c3ccc(C#Cc4ccccn4)s3)nc2c1. The summed E-state index contributed by atoms with van der Waals surface area (Å²) in [6.45, 7) is 15.8. The van der Waals surface area contributed by atoms with Gasteiger partial charge in [0, 0.05) is 17.9 Å². The molecule has 0 saturated heterocycles. The first kappa shape index (κ1) is 24.0. The van der Waals surface area contributed by atoms with E-state index in [-0.39, 0.29) is 11.0 Å². The summed E-state index contributed by atoms with van der Waals surface area (Å²) in [5.41, 5.74) is 4.11. The molecule has 0 spiro atoms. The van der Waals surface area contributed by atoms with Gasteiger partial charge in [-0.05, 0) is 85.4 Å². The molecule has 0 radical (unpaired) electrons. The number of fused-ring (bicyclic) bond motifs is 1. The standard InChI is InChI=1S/C29H34N4S/c1-20(2)21-15-17-33-25(18-21)31-26(27(33)32-29(6,7)19-28(3,4)5)24-14-13-23(34-24)12-11-22-10-8-9-16-30-22/h8-10,13-18,20,32H,19H2,1-7H3. The van der Waals surface area contributed by atoms with Gasteiger partial charge in [-0.1, -0.05) is 40.7 Å². The lowest BCUT2D eigenvalue weighted by atomic mass is 9.82. The van der Waals surface area contributed by atoms with Crippen molar-refractivity contribution < 1.29 is 0 Å². The van der Waals surface area contributed by atoms with Crippen molar-refractivity contribution in [3.05, 3.63) is 71.0 Å². The minimum atomic E-state index is -0.0987. The molecular weight excluding hydrogens is 436 g/mol. The van der Waals surface area contributed by atoms with Gasteiger partial charge in [0.05, 0.1) is 9.75 Å². The van der Waals surface area contributed by atoms with Gasteiger partial charge in [0.1, 0.15) is 22.9 Å². The van der Waals surface area contributed by atoms with Crippen LogP contribution >= 0.6 is 11.3 Å². The van der Waals surface area contributed by atoms with Crippen molar-refractivity contribution in [3.63, 3.8) is 0 Å². The second-order valence-electron chi connectivity index (χ2n) is 11.0. The first-order valence-electron chi connectivity index (χ1n) is 11.8. The Labute approximate surface area is 207 Å². The number of anilines is 1. The van der Waals surface area contributed by atoms with Gasteiger partial charge in [0.2, 0.25) is 0 Å². The van der Waals surface area contributed by atoms with Crippen molar-refractivity contribution in [3.8, 4) is 22.4 Å². The Morgan fingerprint density at radius 1 is 1.03 bits per heavy atom. The van der Waals surface area contributed by atoms with Crippen LogP contribution in [0.15, 0.2) is 54.9 Å². The Bertz CT molecular complexity index is 1340. The predicted molar refractivity (Wildman–Crippen MR) is 145 cm³/mol. The highest BCUT2D eigenvalue weighted by Crippen LogP contribution is 2.37. The minimum Gasteiger partial charge on any atom is -0.364 e. The molecule has 4 rings (SSSR count). The fraction of sp³-hybridized carbons (Fsp3) is 0.379. The highest BCUT2D eigenvalue weighted by molar-refractivity contribution is 7.16. The molecule has 4 aromatic rings. The molecule has 0 aliphatic carbocycles. The van der Waals surface area contributed by atoms with Crippen LogP contribution in [0.4, 0.5) is 5.82 Å². The van der Waals surface area contributed by atoms with Crippen molar-refractivity contribution in [2.24, 2.45) is 5.41 Å². The summed E-state index contributed by atoms with van der Waals surface area (Å²) in [6, 6.07) is 14.4. The summed E-state index contributed by atoms with van der Waals surface area (Å²) >= 11 is 1.67. The second kappa shape index (κ2) is 9.27. The van der Waals surface area contributed by atoms with E-state index in [1.54, 1.807) is 17.5 Å². The van der Waals surface area contributed by atoms with Gasteiger partial charge in [0.15, 0.2) is 0 Å². The smallest absolute Gasteiger partial charge is 0.140 e. The Morgan fingerprint density at radius 2 is 1.82 bits per heavy atom. The van der Waals surface area contributed by atoms with E-state index in [0.29, 0.717) is 5.92 Å². The zero-order chi connectivity index (χ0) is 24.5. The van der Waals surface area contributed by atoms with Crippen LogP contribution in [-0.4, -0.2) is 19.9 Å². The molecule has 34 heavy (non-hydrogen) atoms. The van der Waals surface area contributed by atoms with E-state index in [1.165, 1.54) is 5.56 Å². The largest absolute Gasteiger partial charge is 0.364 e. The van der Waals surface area contributed by atoms with E-state index >= 15 is 0 Å². The van der Waals surface area contributed by atoms with Crippen molar-refractivity contribution in [2.45, 2.75) is 66.3 Å². The van der Waals surface area contributed by atoms with Gasteiger partial charge in [-0.15, -0.1) is 11.3 Å². The summed E-state index contributed by atoms with van der Waals surface area (Å²) in [5.74, 6) is 7.90. The first-order valence-corrected chi connectivity index (χ1v) is 12.7. The minimum absolute atomic E-state index is 0.0987. The third-order valence-electron chi connectivity index (χ3n) is 5.56. The molecule has 4 heterocycles. The Morgan fingerprint density at radius 3 is 2.50 bits per heavy atom. The van der Waals surface area contributed by atoms with E-state index in [2.05, 4.69) is 105 Å². The maximum Gasteiger partial charge on any atom is 0.140 e. The average Bonchev–Trinajstić information content (AvgIpc) is 3.35. The number of nitrogens with one attached hydrogen (secondary N) is 1. The third kappa shape index (κ3) is 5.69. The zero-order valence-electron chi connectivity index (χ0n) is 21.2. The highest BCUT2D eigenvalue weighted by atomic mass is 32.1. The fourth-order valence-corrected chi connectivity index (χ4v) is 5.35. The normalized spacial score (nSPS) is 12.1. The number of thiophene rings is 1. The molecular formula is C29H34N4S. The molecule has 0 aromatic carbocycles. The van der Waals surface area contributed by atoms with Crippen LogP contribution < -0.4 is 5.32 Å². The number of pyridine rings is 2. The number of rotatable bonds is 5. The molecule has 0 fully saturated rings. The van der Waals surface area contributed by atoms with Crippen LogP contribution in [0, 0.1) is 17.3 Å². The molecule has 4 nitrogen and oxygen atoms in total. The van der Waals surface area contributed by atoms with E-state index in [1.807, 2.05) is 18.2 Å². The lowest BCUT2D eigenvalue weighted by Gasteiger charge is -2.34. The lowest BCUT2D eigenvalue weighted by Crippen LogP contribution is -2.36. The van der Waals surface area contributed by atoms with Gasteiger partial charge in [0.25, 0.3) is 0 Å². The summed E-state index contributed by atoms with van der Waals surface area (Å²) in [5, 5.41) is 3.84. The molecule has 0 aliphatic heterocycles. The molecule has 0 bridgehead atoms. The zero-order valence-corrected chi connectivity index (χ0v) is 22.0. The monoisotopic (exact) mass is 470 g/mol. The molecule has 1 N–H and O–H groups in total. The van der Waals surface area contributed by atoms with Gasteiger partial charge in [-0.3, -0.25) is 4.40 Å². The van der Waals surface area contributed by atoms with Gasteiger partial charge >= 0.3 is 0 Å². The second-order valence-corrected chi connectivity index (χ2v) is 12.1. The van der Waals surface area contributed by atoms with Crippen LogP contribution in [-0.2, 0) is 0 Å². The molecule has 5 heteroatoms. The van der Waals surface area contributed by atoms with Crippen molar-refractivity contribution in [2.75, 3.05) is 5.32 Å². The maximum atomic E-state index is 5.09. The summed E-state index contributed by atoms with van der Waals surface area (Å²) < 4.78 is 2.19. The summed E-state index contributed by atoms with van der Waals surface area (Å²) in [7, 11) is 0. The maximum absolute atomic E-state index is 5.09. The number of hydrogen-bond acceptors (Lipinski definition) is 4. The van der Waals surface area contributed by atoms with Crippen molar-refractivity contribution in [1.82, 2.24) is 14.4 Å². The van der Waals surface area contributed by atoms with E-state index in [9.17, 15) is 0 Å². The van der Waals surface area contributed by atoms with E-state index < -0.39 is 0 Å². The molecule has 0 aliphatic rings. The molecule has 0 unspecified atom stereocenters. The number of imidazole rings is 1. The molecule has 0 saturated carbocycles. The first-order chi connectivity index (χ1) is 16.0. The van der Waals surface area contributed by atoms with E-state index in [0.717, 1.165) is 39.0 Å². The van der Waals surface area contributed by atoms with E-state index in [4.69, 9.17) is 4.98 Å². The topological polar surface area (TPSA) is 42.2 Å². The van der Waals surface area contributed by atoms with Crippen molar-refractivity contribution in [1.29, 1.82) is 0 Å². The van der Waals surface area contributed by atoms with Crippen LogP contribution in [0.5, 0.6) is 0 Å². The summed E-state index contributed by atoms with van der Waals surface area (Å²) in [4.78, 5) is 11.5. The van der Waals surface area contributed by atoms with Crippen LogP contribution in [0.3, 0.4) is 0 Å². The Hall–Kier alpha value is -3.10. The highest BCUT2D eigenvalue weighted by Gasteiger charge is 2.28. The lowest BCUT2D eigenvalue weighted by molar-refractivity contribution is 0.302. The van der Waals surface area contributed by atoms with Crippen LogP contribution in [0.1, 0.15) is 76.9 Å². The number of aromatic nitrogens is 3. The van der Waals surface area contributed by atoms with Gasteiger partial charge in [-0.25, -0.2) is 9.97 Å². The number of hydrogen-bond donors (Lipinski definition) is 1. The van der Waals surface area contributed by atoms with Crippen LogP contribution in [0.2, 0.25) is 0 Å². The third-order valence-corrected chi connectivity index (χ3v) is 6.57. The molecule has 0 amide bonds. The summed E-state index contributed by atoms with van der Waals surface area (Å²) in [6.07, 6.45) is 4.94. The molecule has 176 valence electrons. The molecule has 0 atom stereocenters. The Balaban J connectivity index is 1.76. The van der Waals surface area contributed by atoms with Gasteiger partial charge in [-0.2, -0.15) is 0 Å². The quantitative estimate of drug-likeness (QED) is 0.305. The van der Waals surface area contributed by atoms with Crippen molar-refractivity contribution >= 4 is 22.8 Å². The van der Waals surface area contributed by atoms with Crippen LogP contribution in [0.25, 0.3) is 16.2 Å². The van der Waals surface area contributed by atoms with Gasteiger partial charge < -0.3 is 5.32 Å².